The van der Waals surface area contributed by atoms with Crippen molar-refractivity contribution in [2.45, 2.75) is 38.6 Å². The molecule has 2 N–H and O–H groups in total. The summed E-state index contributed by atoms with van der Waals surface area (Å²) in [5.74, 6) is 2.62. The van der Waals surface area contributed by atoms with E-state index in [9.17, 15) is 0 Å². The molecule has 1 aliphatic carbocycles. The van der Waals surface area contributed by atoms with Crippen LogP contribution in [0.3, 0.4) is 0 Å². The smallest absolute Gasteiger partial charge is 0.191 e. The van der Waals surface area contributed by atoms with Crippen LogP contribution in [-0.4, -0.2) is 50.7 Å². The van der Waals surface area contributed by atoms with E-state index in [1.165, 1.54) is 50.8 Å². The summed E-state index contributed by atoms with van der Waals surface area (Å²) < 4.78 is 5.98. The molecule has 0 amide bonds. The Morgan fingerprint density at radius 3 is 2.72 bits per heavy atom. The van der Waals surface area contributed by atoms with Crippen molar-refractivity contribution in [2.24, 2.45) is 10.9 Å². The normalized spacial score (nSPS) is 18.8. The maximum absolute atomic E-state index is 5.98. The average Bonchev–Trinajstić information content (AvgIpc) is 3.49. The Morgan fingerprint density at radius 2 is 1.96 bits per heavy atom. The Kier molecular flexibility index (Phi) is 6.98. The monoisotopic (exact) mass is 344 g/mol. The molecule has 5 nitrogen and oxygen atoms in total. The van der Waals surface area contributed by atoms with Gasteiger partial charge in [-0.05, 0) is 50.8 Å². The van der Waals surface area contributed by atoms with Crippen molar-refractivity contribution in [3.63, 3.8) is 0 Å². The van der Waals surface area contributed by atoms with Crippen LogP contribution in [0.15, 0.2) is 29.3 Å². The van der Waals surface area contributed by atoms with Crippen LogP contribution >= 0.6 is 0 Å². The lowest BCUT2D eigenvalue weighted by Crippen LogP contribution is -2.42. The summed E-state index contributed by atoms with van der Waals surface area (Å²) in [5.41, 5.74) is 1.18. The molecule has 1 aromatic carbocycles. The number of nitrogens with zero attached hydrogens (tertiary/aromatic N) is 2. The number of nitrogens with one attached hydrogen (secondary N) is 2. The van der Waals surface area contributed by atoms with E-state index in [0.29, 0.717) is 0 Å². The number of piperidine rings is 1. The molecule has 3 rings (SSSR count). The molecule has 1 aromatic rings. The van der Waals surface area contributed by atoms with Gasteiger partial charge in [-0.25, -0.2) is 0 Å². The molecule has 138 valence electrons. The number of benzene rings is 1. The van der Waals surface area contributed by atoms with E-state index < -0.39 is 0 Å². The molecule has 1 heterocycles. The molecular formula is C20H32N4O. The number of rotatable bonds is 8. The van der Waals surface area contributed by atoms with Gasteiger partial charge in [0.2, 0.25) is 0 Å². The summed E-state index contributed by atoms with van der Waals surface area (Å²) in [7, 11) is 1.83. The van der Waals surface area contributed by atoms with Crippen LogP contribution in [0.4, 0.5) is 0 Å². The molecule has 1 aliphatic heterocycles. The number of guanidine groups is 1. The van der Waals surface area contributed by atoms with Crippen LogP contribution < -0.4 is 15.4 Å². The molecule has 2 aliphatic rings. The Morgan fingerprint density at radius 1 is 1.16 bits per heavy atom. The first-order valence-corrected chi connectivity index (χ1v) is 9.73. The van der Waals surface area contributed by atoms with Gasteiger partial charge in [0.15, 0.2) is 5.96 Å². The minimum Gasteiger partial charge on any atom is -0.493 e. The van der Waals surface area contributed by atoms with Crippen LogP contribution in [0, 0.1) is 5.92 Å². The number of aliphatic imine (C=N–C) groups is 1. The largest absolute Gasteiger partial charge is 0.493 e. The zero-order valence-electron chi connectivity index (χ0n) is 15.5. The van der Waals surface area contributed by atoms with Gasteiger partial charge in [0, 0.05) is 32.2 Å². The minimum atomic E-state index is 0.726. The van der Waals surface area contributed by atoms with Gasteiger partial charge in [-0.2, -0.15) is 0 Å². The molecule has 0 bridgehead atoms. The third-order valence-corrected chi connectivity index (χ3v) is 4.98. The zero-order chi connectivity index (χ0) is 17.3. The highest BCUT2D eigenvalue weighted by Crippen LogP contribution is 2.30. The Balaban J connectivity index is 1.41. The molecular weight excluding hydrogens is 312 g/mol. The van der Waals surface area contributed by atoms with Crippen molar-refractivity contribution in [2.75, 3.05) is 39.8 Å². The SMILES string of the molecule is CN=C(NCCN1CCCCC1)NCc1ccccc1OCC1CC1. The van der Waals surface area contributed by atoms with Crippen LogP contribution in [0.2, 0.25) is 0 Å². The number of hydrogen-bond donors (Lipinski definition) is 2. The van der Waals surface area contributed by atoms with Gasteiger partial charge in [-0.3, -0.25) is 4.99 Å². The lowest BCUT2D eigenvalue weighted by Gasteiger charge is -2.26. The lowest BCUT2D eigenvalue weighted by molar-refractivity contribution is 0.232. The fourth-order valence-corrected chi connectivity index (χ4v) is 3.20. The van der Waals surface area contributed by atoms with Crippen LogP contribution in [0.25, 0.3) is 0 Å². The number of hydrogen-bond acceptors (Lipinski definition) is 3. The predicted molar refractivity (Wildman–Crippen MR) is 103 cm³/mol. The molecule has 5 heteroatoms. The highest BCUT2D eigenvalue weighted by atomic mass is 16.5. The van der Waals surface area contributed by atoms with Crippen LogP contribution in [0.1, 0.15) is 37.7 Å². The first-order chi connectivity index (χ1) is 12.3. The highest BCUT2D eigenvalue weighted by molar-refractivity contribution is 5.79. The fourth-order valence-electron chi connectivity index (χ4n) is 3.20. The molecule has 0 spiro atoms. The van der Waals surface area contributed by atoms with Crippen molar-refractivity contribution >= 4 is 5.96 Å². The second-order valence-electron chi connectivity index (χ2n) is 7.12. The fraction of sp³-hybridized carbons (Fsp3) is 0.650. The van der Waals surface area contributed by atoms with E-state index >= 15 is 0 Å². The summed E-state index contributed by atoms with van der Waals surface area (Å²) in [6.07, 6.45) is 6.69. The summed E-state index contributed by atoms with van der Waals surface area (Å²) in [6, 6.07) is 8.28. The van der Waals surface area contributed by atoms with E-state index in [2.05, 4.69) is 38.7 Å². The number of ether oxygens (including phenoxy) is 1. The van der Waals surface area contributed by atoms with Crippen molar-refractivity contribution in [1.29, 1.82) is 0 Å². The van der Waals surface area contributed by atoms with Crippen molar-refractivity contribution in [3.8, 4) is 5.75 Å². The molecule has 0 aromatic heterocycles. The Labute approximate surface area is 151 Å². The van der Waals surface area contributed by atoms with Crippen molar-refractivity contribution in [3.05, 3.63) is 29.8 Å². The molecule has 0 unspecified atom stereocenters. The van der Waals surface area contributed by atoms with E-state index in [0.717, 1.165) is 43.9 Å². The van der Waals surface area contributed by atoms with Gasteiger partial charge in [-0.1, -0.05) is 24.6 Å². The van der Waals surface area contributed by atoms with Gasteiger partial charge in [0.1, 0.15) is 5.75 Å². The second kappa shape index (κ2) is 9.66. The summed E-state index contributed by atoms with van der Waals surface area (Å²) in [5, 5.41) is 6.83. The minimum absolute atomic E-state index is 0.726. The quantitative estimate of drug-likeness (QED) is 0.562. The third kappa shape index (κ3) is 6.24. The molecule has 0 atom stereocenters. The second-order valence-corrected chi connectivity index (χ2v) is 7.12. The predicted octanol–water partition coefficient (Wildman–Crippen LogP) is 2.63. The number of para-hydroxylation sites is 1. The maximum Gasteiger partial charge on any atom is 0.191 e. The topological polar surface area (TPSA) is 48.9 Å². The Bertz CT molecular complexity index is 550. The highest BCUT2D eigenvalue weighted by Gasteiger charge is 2.22. The first-order valence-electron chi connectivity index (χ1n) is 9.73. The van der Waals surface area contributed by atoms with Crippen molar-refractivity contribution < 1.29 is 4.74 Å². The summed E-state index contributed by atoms with van der Waals surface area (Å²) in [4.78, 5) is 6.87. The third-order valence-electron chi connectivity index (χ3n) is 4.98. The average molecular weight is 345 g/mol. The number of likely N-dealkylation sites (tertiary alicyclic amines) is 1. The van der Waals surface area contributed by atoms with Crippen molar-refractivity contribution in [1.82, 2.24) is 15.5 Å². The summed E-state index contributed by atoms with van der Waals surface area (Å²) in [6.45, 7) is 6.06. The van der Waals surface area contributed by atoms with E-state index in [1.807, 2.05) is 13.1 Å². The van der Waals surface area contributed by atoms with E-state index in [4.69, 9.17) is 4.74 Å². The van der Waals surface area contributed by atoms with Crippen LogP contribution in [-0.2, 0) is 6.54 Å². The van der Waals surface area contributed by atoms with Crippen LogP contribution in [0.5, 0.6) is 5.75 Å². The Hall–Kier alpha value is -1.75. The van der Waals surface area contributed by atoms with Gasteiger partial charge < -0.3 is 20.3 Å². The molecule has 1 saturated heterocycles. The molecule has 2 fully saturated rings. The first kappa shape index (κ1) is 18.1. The van der Waals surface area contributed by atoms with Gasteiger partial charge in [0.05, 0.1) is 6.61 Å². The standard InChI is InChI=1S/C20H32N4O/c1-21-20(22-11-14-24-12-5-2-6-13-24)23-15-18-7-3-4-8-19(18)25-16-17-9-10-17/h3-4,7-8,17H,2,5-6,9-16H2,1H3,(H2,21,22,23). The lowest BCUT2D eigenvalue weighted by atomic mass is 10.1. The van der Waals surface area contributed by atoms with Gasteiger partial charge in [0.25, 0.3) is 0 Å². The molecule has 1 saturated carbocycles. The summed E-state index contributed by atoms with van der Waals surface area (Å²) >= 11 is 0. The van der Waals surface area contributed by atoms with E-state index in [-0.39, 0.29) is 0 Å². The zero-order valence-corrected chi connectivity index (χ0v) is 15.5. The maximum atomic E-state index is 5.98. The molecule has 0 radical (unpaired) electrons. The van der Waals surface area contributed by atoms with Gasteiger partial charge in [-0.15, -0.1) is 0 Å². The van der Waals surface area contributed by atoms with Gasteiger partial charge >= 0.3 is 0 Å². The molecule has 25 heavy (non-hydrogen) atoms. The van der Waals surface area contributed by atoms with E-state index in [1.54, 1.807) is 0 Å².